The summed E-state index contributed by atoms with van der Waals surface area (Å²) in [6, 6.07) is 3.26. The predicted octanol–water partition coefficient (Wildman–Crippen LogP) is 2.56. The minimum absolute atomic E-state index is 0.0472. The van der Waals surface area contributed by atoms with Crippen molar-refractivity contribution in [3.05, 3.63) is 34.6 Å². The normalized spacial score (nSPS) is 18.6. The highest BCUT2D eigenvalue weighted by Crippen LogP contribution is 2.25. The van der Waals surface area contributed by atoms with Crippen molar-refractivity contribution >= 4 is 23.5 Å². The summed E-state index contributed by atoms with van der Waals surface area (Å²) >= 11 is 5.85. The molecule has 1 aromatic carbocycles. The third-order valence-electron chi connectivity index (χ3n) is 3.21. The molecule has 102 valence electrons. The molecular weight excluding hydrogens is 273 g/mol. The van der Waals surface area contributed by atoms with Crippen LogP contribution >= 0.6 is 11.6 Å². The maximum Gasteiger partial charge on any atom is 0.305 e. The van der Waals surface area contributed by atoms with Gasteiger partial charge in [0, 0.05) is 12.6 Å². The third-order valence-corrected chi connectivity index (χ3v) is 3.52. The van der Waals surface area contributed by atoms with Crippen LogP contribution in [0.2, 0.25) is 5.02 Å². The number of carbonyl (C=O) groups is 2. The molecule has 1 aliphatic heterocycles. The molecule has 1 atom stereocenters. The van der Waals surface area contributed by atoms with Crippen molar-refractivity contribution in [1.29, 1.82) is 0 Å². The zero-order chi connectivity index (χ0) is 14.0. The molecular formula is C13H13ClFNO3. The van der Waals surface area contributed by atoms with Crippen molar-refractivity contribution in [3.63, 3.8) is 0 Å². The van der Waals surface area contributed by atoms with Crippen molar-refractivity contribution in [2.75, 3.05) is 6.54 Å². The number of benzene rings is 1. The number of carboxylic acid groups (broad SMARTS) is 1. The number of amides is 1. The van der Waals surface area contributed by atoms with Crippen LogP contribution in [0.25, 0.3) is 0 Å². The van der Waals surface area contributed by atoms with E-state index in [0.29, 0.717) is 13.0 Å². The molecule has 19 heavy (non-hydrogen) atoms. The fourth-order valence-corrected chi connectivity index (χ4v) is 2.58. The Labute approximate surface area is 114 Å². The van der Waals surface area contributed by atoms with Gasteiger partial charge in [0.2, 0.25) is 0 Å². The molecule has 2 rings (SSSR count). The van der Waals surface area contributed by atoms with Gasteiger partial charge in [0.15, 0.2) is 0 Å². The first-order valence-electron chi connectivity index (χ1n) is 5.97. The molecule has 1 aliphatic rings. The van der Waals surface area contributed by atoms with Crippen LogP contribution in [0.3, 0.4) is 0 Å². The van der Waals surface area contributed by atoms with Crippen LogP contribution in [-0.2, 0) is 4.79 Å². The monoisotopic (exact) mass is 285 g/mol. The van der Waals surface area contributed by atoms with Gasteiger partial charge in [0.1, 0.15) is 5.82 Å². The van der Waals surface area contributed by atoms with E-state index in [2.05, 4.69) is 0 Å². The first-order chi connectivity index (χ1) is 8.99. The van der Waals surface area contributed by atoms with Gasteiger partial charge >= 0.3 is 5.97 Å². The van der Waals surface area contributed by atoms with Crippen LogP contribution in [0.15, 0.2) is 18.2 Å². The average Bonchev–Trinajstić information content (AvgIpc) is 2.75. The van der Waals surface area contributed by atoms with Crippen LogP contribution in [0.5, 0.6) is 0 Å². The topological polar surface area (TPSA) is 57.6 Å². The van der Waals surface area contributed by atoms with Crippen molar-refractivity contribution in [1.82, 2.24) is 4.90 Å². The molecule has 1 N–H and O–H groups in total. The Hall–Kier alpha value is -1.62. The lowest BCUT2D eigenvalue weighted by atomic mass is 10.1. The standard InChI is InChI=1S/C13H13ClFNO3/c14-11-6-8(15)3-4-10(11)13(19)16-5-1-2-9(16)7-12(17)18/h3-4,6,9H,1-2,5,7H2,(H,17,18). The van der Waals surface area contributed by atoms with Crippen LogP contribution in [-0.4, -0.2) is 34.5 Å². The number of hydrogen-bond donors (Lipinski definition) is 1. The molecule has 1 unspecified atom stereocenters. The Morgan fingerprint density at radius 2 is 2.21 bits per heavy atom. The highest BCUT2D eigenvalue weighted by atomic mass is 35.5. The lowest BCUT2D eigenvalue weighted by molar-refractivity contribution is -0.137. The summed E-state index contributed by atoms with van der Waals surface area (Å²) in [6.45, 7) is 0.504. The summed E-state index contributed by atoms with van der Waals surface area (Å²) in [5.74, 6) is -1.78. The van der Waals surface area contributed by atoms with Crippen molar-refractivity contribution < 1.29 is 19.1 Å². The Morgan fingerprint density at radius 1 is 1.47 bits per heavy atom. The van der Waals surface area contributed by atoms with E-state index in [0.717, 1.165) is 12.5 Å². The maximum absolute atomic E-state index is 12.9. The molecule has 0 aromatic heterocycles. The quantitative estimate of drug-likeness (QED) is 0.928. The molecule has 0 saturated carbocycles. The Kier molecular flexibility index (Phi) is 4.04. The lowest BCUT2D eigenvalue weighted by Crippen LogP contribution is -2.37. The summed E-state index contributed by atoms with van der Waals surface area (Å²) in [6.07, 6.45) is 1.35. The first-order valence-corrected chi connectivity index (χ1v) is 6.34. The highest BCUT2D eigenvalue weighted by molar-refractivity contribution is 6.33. The van der Waals surface area contributed by atoms with Crippen LogP contribution < -0.4 is 0 Å². The highest BCUT2D eigenvalue weighted by Gasteiger charge is 2.31. The molecule has 0 spiro atoms. The second-order valence-electron chi connectivity index (χ2n) is 4.52. The molecule has 0 bridgehead atoms. The minimum Gasteiger partial charge on any atom is -0.481 e. The van der Waals surface area contributed by atoms with Gasteiger partial charge in [-0.25, -0.2) is 4.39 Å². The smallest absolute Gasteiger partial charge is 0.305 e. The second-order valence-corrected chi connectivity index (χ2v) is 4.92. The number of halogens is 2. The molecule has 6 heteroatoms. The van der Waals surface area contributed by atoms with Gasteiger partial charge < -0.3 is 10.0 Å². The van der Waals surface area contributed by atoms with Gasteiger partial charge in [-0.1, -0.05) is 11.6 Å². The van der Waals surface area contributed by atoms with Gasteiger partial charge in [-0.2, -0.15) is 0 Å². The van der Waals surface area contributed by atoms with E-state index in [1.165, 1.54) is 17.0 Å². The maximum atomic E-state index is 12.9. The Bertz CT molecular complexity index is 521. The van der Waals surface area contributed by atoms with Gasteiger partial charge in [0.05, 0.1) is 17.0 Å². The van der Waals surface area contributed by atoms with E-state index in [9.17, 15) is 14.0 Å². The molecule has 1 amide bonds. The molecule has 4 nitrogen and oxygen atoms in total. The lowest BCUT2D eigenvalue weighted by Gasteiger charge is -2.24. The number of carbonyl (C=O) groups excluding carboxylic acids is 1. The van der Waals surface area contributed by atoms with E-state index < -0.39 is 11.8 Å². The van der Waals surface area contributed by atoms with E-state index in [-0.39, 0.29) is 29.0 Å². The van der Waals surface area contributed by atoms with Gasteiger partial charge in [-0.3, -0.25) is 9.59 Å². The van der Waals surface area contributed by atoms with Gasteiger partial charge in [-0.05, 0) is 31.0 Å². The number of hydrogen-bond acceptors (Lipinski definition) is 2. The van der Waals surface area contributed by atoms with E-state index in [1.54, 1.807) is 0 Å². The van der Waals surface area contributed by atoms with Gasteiger partial charge in [0.25, 0.3) is 5.91 Å². The fourth-order valence-electron chi connectivity index (χ4n) is 2.33. The van der Waals surface area contributed by atoms with Crippen LogP contribution in [0, 0.1) is 5.82 Å². The zero-order valence-corrected chi connectivity index (χ0v) is 10.9. The average molecular weight is 286 g/mol. The molecule has 1 fully saturated rings. The number of likely N-dealkylation sites (tertiary alicyclic amines) is 1. The van der Waals surface area contributed by atoms with E-state index in [1.807, 2.05) is 0 Å². The molecule has 1 aromatic rings. The number of rotatable bonds is 3. The van der Waals surface area contributed by atoms with Crippen molar-refractivity contribution in [3.8, 4) is 0 Å². The second kappa shape index (κ2) is 5.57. The van der Waals surface area contributed by atoms with E-state index >= 15 is 0 Å². The fraction of sp³-hybridized carbons (Fsp3) is 0.385. The first kappa shape index (κ1) is 13.8. The van der Waals surface area contributed by atoms with Crippen LogP contribution in [0.1, 0.15) is 29.6 Å². The van der Waals surface area contributed by atoms with Crippen molar-refractivity contribution in [2.24, 2.45) is 0 Å². The largest absolute Gasteiger partial charge is 0.481 e. The predicted molar refractivity (Wildman–Crippen MR) is 67.7 cm³/mol. The SMILES string of the molecule is O=C(O)CC1CCCN1C(=O)c1ccc(F)cc1Cl. The zero-order valence-electron chi connectivity index (χ0n) is 10.1. The van der Waals surface area contributed by atoms with Crippen LogP contribution in [0.4, 0.5) is 4.39 Å². The minimum atomic E-state index is -0.935. The number of nitrogens with zero attached hydrogens (tertiary/aromatic N) is 1. The molecule has 1 heterocycles. The molecule has 1 saturated heterocycles. The number of aliphatic carboxylic acids is 1. The summed E-state index contributed by atoms with van der Waals surface area (Å²) in [5.41, 5.74) is 0.209. The van der Waals surface area contributed by atoms with E-state index in [4.69, 9.17) is 16.7 Å². The summed E-state index contributed by atoms with van der Waals surface area (Å²) in [5, 5.41) is 8.87. The summed E-state index contributed by atoms with van der Waals surface area (Å²) < 4.78 is 12.9. The van der Waals surface area contributed by atoms with Gasteiger partial charge in [-0.15, -0.1) is 0 Å². The Balaban J connectivity index is 2.20. The van der Waals surface area contributed by atoms with Crippen molar-refractivity contribution in [2.45, 2.75) is 25.3 Å². The Morgan fingerprint density at radius 3 is 2.84 bits per heavy atom. The molecule has 0 aliphatic carbocycles. The third kappa shape index (κ3) is 3.04. The molecule has 0 radical (unpaired) electrons. The summed E-state index contributed by atoms with van der Waals surface area (Å²) in [4.78, 5) is 24.6. The summed E-state index contributed by atoms with van der Waals surface area (Å²) in [7, 11) is 0. The number of carboxylic acids is 1.